The molecule has 0 saturated carbocycles. The Labute approximate surface area is 179 Å². The summed E-state index contributed by atoms with van der Waals surface area (Å²) in [6, 6.07) is 21.4. The number of carbonyl (C=O) groups excluding carboxylic acids is 2. The molecule has 4 rings (SSSR count). The zero-order chi connectivity index (χ0) is 21.6. The molecule has 0 bridgehead atoms. The van der Waals surface area contributed by atoms with Crippen LogP contribution in [-0.4, -0.2) is 23.9 Å². The molecule has 0 aliphatic heterocycles. The van der Waals surface area contributed by atoms with Gasteiger partial charge < -0.3 is 19.8 Å². The average Bonchev–Trinajstić information content (AvgIpc) is 3.21. The Morgan fingerprint density at radius 1 is 0.935 bits per heavy atom. The molecule has 156 valence electrons. The number of aryl methyl sites for hydroxylation is 1. The summed E-state index contributed by atoms with van der Waals surface area (Å²) in [5.41, 5.74) is 3.15. The molecule has 1 aromatic heterocycles. The normalized spacial score (nSPS) is 10.6. The van der Waals surface area contributed by atoms with Crippen LogP contribution < -0.4 is 15.4 Å². The van der Waals surface area contributed by atoms with Crippen molar-refractivity contribution in [3.63, 3.8) is 0 Å². The summed E-state index contributed by atoms with van der Waals surface area (Å²) >= 11 is 0. The molecule has 4 aromatic rings. The highest BCUT2D eigenvalue weighted by atomic mass is 16.5. The van der Waals surface area contributed by atoms with Crippen molar-refractivity contribution in [3.05, 3.63) is 84.3 Å². The van der Waals surface area contributed by atoms with Gasteiger partial charge in [0.05, 0.1) is 12.8 Å². The molecule has 1 heterocycles. The molecule has 0 atom stereocenters. The predicted octanol–water partition coefficient (Wildman–Crippen LogP) is 4.66. The summed E-state index contributed by atoms with van der Waals surface area (Å²) in [6.45, 7) is 0. The maximum Gasteiger partial charge on any atom is 0.255 e. The van der Waals surface area contributed by atoms with Crippen molar-refractivity contribution in [3.8, 4) is 5.75 Å². The third-order valence-electron chi connectivity index (χ3n) is 4.69. The third-order valence-corrected chi connectivity index (χ3v) is 4.69. The molecule has 0 aliphatic carbocycles. The van der Waals surface area contributed by atoms with Crippen LogP contribution in [-0.2, 0) is 11.2 Å². The minimum Gasteiger partial charge on any atom is -0.495 e. The molecule has 3 aromatic carbocycles. The van der Waals surface area contributed by atoms with Gasteiger partial charge in [-0.1, -0.05) is 24.3 Å². The van der Waals surface area contributed by atoms with Gasteiger partial charge in [0.15, 0.2) is 11.5 Å². The highest BCUT2D eigenvalue weighted by molar-refractivity contribution is 6.05. The second-order valence-corrected chi connectivity index (χ2v) is 6.86. The summed E-state index contributed by atoms with van der Waals surface area (Å²) in [6.07, 6.45) is 0.642. The highest BCUT2D eigenvalue weighted by Gasteiger charge is 2.11. The number of nitrogens with zero attached hydrogens (tertiary/aromatic N) is 1. The quantitative estimate of drug-likeness (QED) is 0.458. The summed E-state index contributed by atoms with van der Waals surface area (Å²) in [5.74, 6) is 0.685. The van der Waals surface area contributed by atoms with Gasteiger partial charge in [0, 0.05) is 24.1 Å². The largest absolute Gasteiger partial charge is 0.495 e. The van der Waals surface area contributed by atoms with Gasteiger partial charge in [0.1, 0.15) is 11.3 Å². The maximum absolute atomic E-state index is 12.5. The van der Waals surface area contributed by atoms with Gasteiger partial charge in [-0.3, -0.25) is 9.59 Å². The molecule has 0 unspecified atom stereocenters. The number of anilines is 2. The Bertz CT molecular complexity index is 1180. The van der Waals surface area contributed by atoms with Crippen LogP contribution in [0.25, 0.3) is 11.1 Å². The van der Waals surface area contributed by atoms with Crippen molar-refractivity contribution >= 4 is 34.3 Å². The Hall–Kier alpha value is -4.13. The first-order valence-corrected chi connectivity index (χ1v) is 9.81. The number of amides is 2. The number of carbonyl (C=O) groups is 2. The fraction of sp³-hybridized carbons (Fsp3) is 0.125. The van der Waals surface area contributed by atoms with Gasteiger partial charge in [-0.2, -0.15) is 0 Å². The minimum absolute atomic E-state index is 0.159. The second-order valence-electron chi connectivity index (χ2n) is 6.86. The zero-order valence-electron chi connectivity index (χ0n) is 16.9. The molecule has 0 fully saturated rings. The number of hydrogen-bond acceptors (Lipinski definition) is 5. The lowest BCUT2D eigenvalue weighted by atomic mass is 10.1. The number of benzene rings is 3. The van der Waals surface area contributed by atoms with Gasteiger partial charge >= 0.3 is 0 Å². The summed E-state index contributed by atoms with van der Waals surface area (Å²) in [7, 11) is 1.55. The fourth-order valence-electron chi connectivity index (χ4n) is 3.12. The lowest BCUT2D eigenvalue weighted by Gasteiger charge is -2.10. The van der Waals surface area contributed by atoms with Gasteiger partial charge in [-0.15, -0.1) is 0 Å². The Kier molecular flexibility index (Phi) is 5.93. The number of fused-ring (bicyclic) bond motifs is 1. The van der Waals surface area contributed by atoms with Crippen LogP contribution >= 0.6 is 0 Å². The molecule has 31 heavy (non-hydrogen) atoms. The zero-order valence-corrected chi connectivity index (χ0v) is 16.9. The Morgan fingerprint density at radius 3 is 2.45 bits per heavy atom. The molecule has 0 saturated heterocycles. The Morgan fingerprint density at radius 2 is 1.68 bits per heavy atom. The Balaban J connectivity index is 1.32. The standard InChI is InChI=1S/C24H21N3O4/c1-30-20-8-4-2-6-18(20)27-24(29)16-10-12-17(13-11-16)25-22(28)14-15-23-26-19-7-3-5-9-21(19)31-23/h2-13H,14-15H2,1H3,(H,25,28)(H,27,29). The van der Waals surface area contributed by atoms with E-state index in [1.165, 1.54) is 0 Å². The van der Waals surface area contributed by atoms with Gasteiger partial charge in [-0.25, -0.2) is 4.98 Å². The molecule has 0 aliphatic rings. The fourth-order valence-corrected chi connectivity index (χ4v) is 3.12. The SMILES string of the molecule is COc1ccccc1NC(=O)c1ccc(NC(=O)CCc2nc3ccccc3o2)cc1. The molecule has 2 N–H and O–H groups in total. The van der Waals surface area contributed by atoms with Crippen LogP contribution in [0.2, 0.25) is 0 Å². The number of aromatic nitrogens is 1. The maximum atomic E-state index is 12.5. The average molecular weight is 415 g/mol. The predicted molar refractivity (Wildman–Crippen MR) is 118 cm³/mol. The minimum atomic E-state index is -0.265. The summed E-state index contributed by atoms with van der Waals surface area (Å²) < 4.78 is 10.9. The van der Waals surface area contributed by atoms with E-state index >= 15 is 0 Å². The van der Waals surface area contributed by atoms with E-state index in [2.05, 4.69) is 15.6 Å². The van der Waals surface area contributed by atoms with Crippen molar-refractivity contribution in [1.82, 2.24) is 4.98 Å². The van der Waals surface area contributed by atoms with E-state index in [0.29, 0.717) is 40.6 Å². The van der Waals surface area contributed by atoms with Gasteiger partial charge in [-0.05, 0) is 48.5 Å². The van der Waals surface area contributed by atoms with E-state index in [4.69, 9.17) is 9.15 Å². The number of oxazole rings is 1. The van der Waals surface area contributed by atoms with Crippen LogP contribution in [0, 0.1) is 0 Å². The van der Waals surface area contributed by atoms with E-state index in [-0.39, 0.29) is 18.2 Å². The molecular formula is C24H21N3O4. The van der Waals surface area contributed by atoms with Crippen molar-refractivity contribution in [1.29, 1.82) is 0 Å². The van der Waals surface area contributed by atoms with Crippen molar-refractivity contribution < 1.29 is 18.7 Å². The van der Waals surface area contributed by atoms with E-state index in [1.54, 1.807) is 43.5 Å². The second kappa shape index (κ2) is 9.13. The molecule has 0 spiro atoms. The first-order chi connectivity index (χ1) is 15.1. The molecule has 0 radical (unpaired) electrons. The van der Waals surface area contributed by atoms with Gasteiger partial charge in [0.25, 0.3) is 5.91 Å². The summed E-state index contributed by atoms with van der Waals surface area (Å²) in [5, 5.41) is 5.64. The number of nitrogens with one attached hydrogen (secondary N) is 2. The van der Waals surface area contributed by atoms with E-state index < -0.39 is 0 Å². The van der Waals surface area contributed by atoms with Crippen molar-refractivity contribution in [2.24, 2.45) is 0 Å². The van der Waals surface area contributed by atoms with Gasteiger partial charge in [0.2, 0.25) is 5.91 Å². The highest BCUT2D eigenvalue weighted by Crippen LogP contribution is 2.24. The lowest BCUT2D eigenvalue weighted by molar-refractivity contribution is -0.116. The number of methoxy groups -OCH3 is 1. The number of rotatable bonds is 7. The van der Waals surface area contributed by atoms with Crippen molar-refractivity contribution in [2.45, 2.75) is 12.8 Å². The monoisotopic (exact) mass is 415 g/mol. The summed E-state index contributed by atoms with van der Waals surface area (Å²) in [4.78, 5) is 29.1. The van der Waals surface area contributed by atoms with E-state index in [9.17, 15) is 9.59 Å². The molecule has 7 nitrogen and oxygen atoms in total. The number of hydrogen-bond donors (Lipinski definition) is 2. The number of para-hydroxylation sites is 4. The van der Waals surface area contributed by atoms with Crippen LogP contribution in [0.3, 0.4) is 0 Å². The molecule has 2 amide bonds. The van der Waals surface area contributed by atoms with Crippen molar-refractivity contribution in [2.75, 3.05) is 17.7 Å². The van der Waals surface area contributed by atoms with Crippen LogP contribution in [0.15, 0.2) is 77.2 Å². The van der Waals surface area contributed by atoms with E-state index in [0.717, 1.165) is 5.52 Å². The first kappa shape index (κ1) is 20.2. The lowest BCUT2D eigenvalue weighted by Crippen LogP contribution is -2.14. The smallest absolute Gasteiger partial charge is 0.255 e. The van der Waals surface area contributed by atoms with E-state index in [1.807, 2.05) is 36.4 Å². The van der Waals surface area contributed by atoms with Crippen LogP contribution in [0.1, 0.15) is 22.7 Å². The third kappa shape index (κ3) is 4.90. The first-order valence-electron chi connectivity index (χ1n) is 9.81. The molecular weight excluding hydrogens is 394 g/mol. The molecule has 7 heteroatoms. The topological polar surface area (TPSA) is 93.5 Å². The number of ether oxygens (including phenoxy) is 1. The van der Waals surface area contributed by atoms with Crippen LogP contribution in [0.5, 0.6) is 5.75 Å². The van der Waals surface area contributed by atoms with Crippen LogP contribution in [0.4, 0.5) is 11.4 Å².